The summed E-state index contributed by atoms with van der Waals surface area (Å²) in [5, 5.41) is 14.7. The van der Waals surface area contributed by atoms with Gasteiger partial charge < -0.3 is 14.2 Å². The summed E-state index contributed by atoms with van der Waals surface area (Å²) in [6.45, 7) is 3.64. The van der Waals surface area contributed by atoms with E-state index < -0.39 is 16.8 Å². The number of hydrogen-bond acceptors (Lipinski definition) is 8. The minimum Gasteiger partial charge on any atom is -0.493 e. The molecule has 3 rings (SSSR count). The molecule has 0 aromatic heterocycles. The van der Waals surface area contributed by atoms with Crippen molar-refractivity contribution in [2.75, 3.05) is 13.7 Å². The summed E-state index contributed by atoms with van der Waals surface area (Å²) in [7, 11) is 1.41. The number of hydrazone groups is 1. The van der Waals surface area contributed by atoms with Gasteiger partial charge in [-0.15, -0.1) is 0 Å². The molecule has 1 amide bonds. The number of rotatable bonds is 9. The molecule has 10 nitrogen and oxygen atoms in total. The lowest BCUT2D eigenvalue weighted by atomic mass is 10.1. The van der Waals surface area contributed by atoms with Gasteiger partial charge >= 0.3 is 5.97 Å². The Labute approximate surface area is 215 Å². The Bertz CT molecular complexity index is 1300. The molecule has 0 atom stereocenters. The van der Waals surface area contributed by atoms with E-state index in [-0.39, 0.29) is 29.4 Å². The topological polar surface area (TPSA) is 129 Å². The molecule has 36 heavy (non-hydrogen) atoms. The van der Waals surface area contributed by atoms with Gasteiger partial charge in [-0.2, -0.15) is 5.10 Å². The summed E-state index contributed by atoms with van der Waals surface area (Å²) >= 11 is 3.43. The number of aryl methyl sites for hydroxylation is 2. The Hall–Kier alpha value is -4.25. The number of nitrogens with zero attached hydrogens (tertiary/aromatic N) is 2. The quantitative estimate of drug-likeness (QED) is 0.133. The Morgan fingerprint density at radius 1 is 1.08 bits per heavy atom. The van der Waals surface area contributed by atoms with Crippen molar-refractivity contribution < 1.29 is 28.7 Å². The third-order valence-corrected chi connectivity index (χ3v) is 5.42. The van der Waals surface area contributed by atoms with Gasteiger partial charge in [-0.25, -0.2) is 10.2 Å². The van der Waals surface area contributed by atoms with Gasteiger partial charge in [-0.1, -0.05) is 6.07 Å². The lowest BCUT2D eigenvalue weighted by Crippen LogP contribution is -2.24. The van der Waals surface area contributed by atoms with E-state index in [9.17, 15) is 19.7 Å². The highest BCUT2D eigenvalue weighted by Crippen LogP contribution is 2.30. The number of carbonyl (C=O) groups is 2. The monoisotopic (exact) mass is 555 g/mol. The predicted molar refractivity (Wildman–Crippen MR) is 136 cm³/mol. The van der Waals surface area contributed by atoms with E-state index in [2.05, 4.69) is 26.5 Å². The van der Waals surface area contributed by atoms with Crippen molar-refractivity contribution in [3.05, 3.63) is 91.4 Å². The third kappa shape index (κ3) is 6.89. The van der Waals surface area contributed by atoms with Crippen LogP contribution in [-0.2, 0) is 4.79 Å². The summed E-state index contributed by atoms with van der Waals surface area (Å²) in [4.78, 5) is 34.7. The lowest BCUT2D eigenvalue weighted by molar-refractivity contribution is -0.384. The minimum absolute atomic E-state index is 0.135. The van der Waals surface area contributed by atoms with Gasteiger partial charge in [0.2, 0.25) is 0 Å². The number of esters is 1. The smallest absolute Gasteiger partial charge is 0.343 e. The average Bonchev–Trinajstić information content (AvgIpc) is 2.84. The van der Waals surface area contributed by atoms with Gasteiger partial charge in [0, 0.05) is 12.1 Å². The van der Waals surface area contributed by atoms with Crippen molar-refractivity contribution in [3.63, 3.8) is 0 Å². The van der Waals surface area contributed by atoms with Crippen LogP contribution in [0.3, 0.4) is 0 Å². The zero-order valence-electron chi connectivity index (χ0n) is 19.6. The molecule has 0 heterocycles. The first-order valence-corrected chi connectivity index (χ1v) is 11.3. The van der Waals surface area contributed by atoms with Gasteiger partial charge in [0.25, 0.3) is 11.6 Å². The minimum atomic E-state index is -0.702. The fourth-order valence-electron chi connectivity index (χ4n) is 3.16. The van der Waals surface area contributed by atoms with Crippen LogP contribution in [0, 0.1) is 24.0 Å². The molecular weight excluding hydrogens is 534 g/mol. The predicted octanol–water partition coefficient (Wildman–Crippen LogP) is 4.73. The highest BCUT2D eigenvalue weighted by molar-refractivity contribution is 9.10. The number of nitro groups is 1. The molecule has 186 valence electrons. The summed E-state index contributed by atoms with van der Waals surface area (Å²) in [5.41, 5.74) is 4.94. The summed E-state index contributed by atoms with van der Waals surface area (Å²) < 4.78 is 17.0. The molecule has 0 unspecified atom stereocenters. The number of nitrogens with one attached hydrogen (secondary N) is 1. The Morgan fingerprint density at radius 3 is 2.44 bits per heavy atom. The van der Waals surface area contributed by atoms with E-state index in [4.69, 9.17) is 14.2 Å². The molecule has 0 saturated carbocycles. The average molecular weight is 556 g/mol. The molecule has 11 heteroatoms. The number of amides is 1. The van der Waals surface area contributed by atoms with Crippen molar-refractivity contribution >= 4 is 39.7 Å². The Kier molecular flexibility index (Phi) is 8.74. The molecule has 3 aromatic rings. The molecule has 0 aliphatic rings. The van der Waals surface area contributed by atoms with E-state index in [1.807, 2.05) is 26.0 Å². The SMILES string of the molecule is COc1cc(C=NNC(=O)COc2c(C)cc(C)cc2Br)ccc1OC(=O)c1ccc([N+](=O)[O-])cc1. The number of hydrogen-bond donors (Lipinski definition) is 1. The molecule has 0 fully saturated rings. The van der Waals surface area contributed by atoms with Gasteiger partial charge in [-0.3, -0.25) is 14.9 Å². The fraction of sp³-hybridized carbons (Fsp3) is 0.160. The maximum Gasteiger partial charge on any atom is 0.343 e. The number of nitro benzene ring substituents is 1. The second-order valence-corrected chi connectivity index (χ2v) is 8.43. The molecule has 3 aromatic carbocycles. The first-order valence-electron chi connectivity index (χ1n) is 10.5. The molecular formula is C25H22BrN3O7. The van der Waals surface area contributed by atoms with Crippen LogP contribution < -0.4 is 19.6 Å². The first-order chi connectivity index (χ1) is 17.2. The van der Waals surface area contributed by atoms with E-state index >= 15 is 0 Å². The second kappa shape index (κ2) is 11.9. The second-order valence-electron chi connectivity index (χ2n) is 7.58. The van der Waals surface area contributed by atoms with Gasteiger partial charge in [0.15, 0.2) is 18.1 Å². The van der Waals surface area contributed by atoms with Crippen LogP contribution in [0.25, 0.3) is 0 Å². The Balaban J connectivity index is 1.58. The Morgan fingerprint density at radius 2 is 1.81 bits per heavy atom. The maximum atomic E-state index is 12.4. The van der Waals surface area contributed by atoms with Crippen LogP contribution in [0.4, 0.5) is 5.69 Å². The standard InChI is InChI=1S/C25H22BrN3O7/c1-15-10-16(2)24(20(26)11-15)35-14-23(30)28-27-13-17-4-9-21(22(12-17)34-3)36-25(31)18-5-7-19(8-6-18)29(32)33/h4-13H,14H2,1-3H3,(H,28,30). The largest absolute Gasteiger partial charge is 0.493 e. The number of non-ortho nitro benzene ring substituents is 1. The van der Waals surface area contributed by atoms with Crippen LogP contribution in [0.5, 0.6) is 17.2 Å². The zero-order valence-corrected chi connectivity index (χ0v) is 21.2. The van der Waals surface area contributed by atoms with E-state index in [0.29, 0.717) is 11.3 Å². The molecule has 0 aliphatic carbocycles. The highest BCUT2D eigenvalue weighted by atomic mass is 79.9. The highest BCUT2D eigenvalue weighted by Gasteiger charge is 2.15. The molecule has 0 aliphatic heterocycles. The fourth-order valence-corrected chi connectivity index (χ4v) is 3.95. The third-order valence-electron chi connectivity index (χ3n) is 4.83. The molecule has 0 saturated heterocycles. The van der Waals surface area contributed by atoms with Crippen LogP contribution >= 0.6 is 15.9 Å². The number of carbonyl (C=O) groups excluding carboxylic acids is 2. The maximum absolute atomic E-state index is 12.4. The van der Waals surface area contributed by atoms with E-state index in [1.54, 1.807) is 12.1 Å². The van der Waals surface area contributed by atoms with E-state index in [0.717, 1.165) is 15.6 Å². The molecule has 0 radical (unpaired) electrons. The van der Waals surface area contributed by atoms with Crippen LogP contribution in [-0.4, -0.2) is 36.7 Å². The number of benzene rings is 3. The van der Waals surface area contributed by atoms with Crippen LogP contribution in [0.1, 0.15) is 27.0 Å². The summed E-state index contributed by atoms with van der Waals surface area (Å²) in [6.07, 6.45) is 1.40. The van der Waals surface area contributed by atoms with Crippen molar-refractivity contribution in [2.45, 2.75) is 13.8 Å². The lowest BCUT2D eigenvalue weighted by Gasteiger charge is -2.11. The number of ether oxygens (including phenoxy) is 3. The first kappa shape index (κ1) is 26.4. The van der Waals surface area contributed by atoms with Gasteiger partial charge in [-0.05, 0) is 82.9 Å². The summed E-state index contributed by atoms with van der Waals surface area (Å²) in [5.74, 6) is -0.160. The number of methoxy groups -OCH3 is 1. The molecule has 1 N–H and O–H groups in total. The normalized spacial score (nSPS) is 10.7. The zero-order chi connectivity index (χ0) is 26.2. The van der Waals surface area contributed by atoms with E-state index in [1.165, 1.54) is 43.7 Å². The number of halogens is 1. The molecule has 0 spiro atoms. The van der Waals surface area contributed by atoms with Gasteiger partial charge in [0.1, 0.15) is 5.75 Å². The van der Waals surface area contributed by atoms with Crippen LogP contribution in [0.2, 0.25) is 0 Å². The summed E-state index contributed by atoms with van der Waals surface area (Å²) in [6, 6.07) is 13.6. The van der Waals surface area contributed by atoms with Crippen molar-refractivity contribution in [2.24, 2.45) is 5.10 Å². The molecule has 0 bridgehead atoms. The van der Waals surface area contributed by atoms with Crippen LogP contribution in [0.15, 0.2) is 64.2 Å². The van der Waals surface area contributed by atoms with Crippen molar-refractivity contribution in [3.8, 4) is 17.2 Å². The van der Waals surface area contributed by atoms with Crippen molar-refractivity contribution in [1.82, 2.24) is 5.43 Å². The van der Waals surface area contributed by atoms with Crippen molar-refractivity contribution in [1.29, 1.82) is 0 Å². The van der Waals surface area contributed by atoms with Gasteiger partial charge in [0.05, 0.1) is 28.3 Å².